The largest absolute Gasteiger partial charge is 0.393 e. The maximum atomic E-state index is 13.7. The molecule has 5 aliphatic heterocycles. The maximum absolute atomic E-state index is 13.7. The lowest BCUT2D eigenvalue weighted by Crippen LogP contribution is -2.70. The normalized spacial score (nSPS) is 45.5. The first-order chi connectivity index (χ1) is 16.9. The third-order valence-electron chi connectivity index (χ3n) is 10.7. The highest BCUT2D eigenvalue weighted by molar-refractivity contribution is 5.89. The minimum atomic E-state index is -0.873. The Balaban J connectivity index is 1.47. The Kier molecular flexibility index (Phi) is 3.64. The molecule has 3 saturated heterocycles. The number of anilines is 2. The van der Waals surface area contributed by atoms with E-state index in [4.69, 9.17) is 9.47 Å². The summed E-state index contributed by atoms with van der Waals surface area (Å²) in [5, 5.41) is 14.0. The van der Waals surface area contributed by atoms with Crippen LogP contribution in [0.4, 0.5) is 11.4 Å². The number of carbonyl (C=O) groups is 1. The van der Waals surface area contributed by atoms with Crippen LogP contribution in [-0.4, -0.2) is 60.9 Å². The van der Waals surface area contributed by atoms with Crippen molar-refractivity contribution in [3.05, 3.63) is 59.7 Å². The Morgan fingerprint density at radius 2 is 1.80 bits per heavy atom. The molecule has 9 atom stereocenters. The second kappa shape index (κ2) is 6.20. The van der Waals surface area contributed by atoms with Crippen molar-refractivity contribution in [3.8, 4) is 0 Å². The van der Waals surface area contributed by atoms with Crippen LogP contribution in [0.3, 0.4) is 0 Å². The first-order valence-corrected chi connectivity index (χ1v) is 12.8. The van der Waals surface area contributed by atoms with Crippen LogP contribution in [0.1, 0.15) is 43.2 Å². The summed E-state index contributed by atoms with van der Waals surface area (Å²) in [6.45, 7) is 4.85. The summed E-state index contributed by atoms with van der Waals surface area (Å²) >= 11 is 0. The highest BCUT2D eigenvalue weighted by atomic mass is 16.6. The summed E-state index contributed by atoms with van der Waals surface area (Å²) in [4.78, 5) is 18.6. The third kappa shape index (κ3) is 1.97. The first-order valence-electron chi connectivity index (χ1n) is 12.8. The van der Waals surface area contributed by atoms with Gasteiger partial charge in [0.1, 0.15) is 11.8 Å². The summed E-state index contributed by atoms with van der Waals surface area (Å²) in [5.41, 5.74) is 2.56. The minimum absolute atomic E-state index is 0.0573. The van der Waals surface area contributed by atoms with Gasteiger partial charge in [-0.2, -0.15) is 0 Å². The van der Waals surface area contributed by atoms with Gasteiger partial charge in [0.15, 0.2) is 5.72 Å². The summed E-state index contributed by atoms with van der Waals surface area (Å²) in [7, 11) is 1.69. The van der Waals surface area contributed by atoms with Gasteiger partial charge in [-0.25, -0.2) is 0 Å². The number of amides is 1. The highest BCUT2D eigenvalue weighted by Crippen LogP contribution is 2.70. The molecule has 2 N–H and O–H groups in total. The molecule has 8 rings (SSSR count). The number of fused-ring (bicyclic) bond motifs is 13. The fraction of sp³-hybridized carbons (Fsp3) is 0.536. The lowest BCUT2D eigenvalue weighted by Gasteiger charge is -2.56. The molecule has 1 saturated carbocycles. The van der Waals surface area contributed by atoms with Gasteiger partial charge in [-0.1, -0.05) is 36.4 Å². The van der Waals surface area contributed by atoms with Crippen molar-refractivity contribution < 1.29 is 19.4 Å². The van der Waals surface area contributed by atoms with Crippen molar-refractivity contribution >= 4 is 17.3 Å². The van der Waals surface area contributed by atoms with E-state index in [-0.39, 0.29) is 48.6 Å². The van der Waals surface area contributed by atoms with Crippen molar-refractivity contribution in [2.24, 2.45) is 11.3 Å². The molecular weight excluding hydrogens is 442 g/mol. The molecule has 182 valence electrons. The fourth-order valence-corrected chi connectivity index (χ4v) is 9.22. The fourth-order valence-electron chi connectivity index (χ4n) is 9.22. The minimum Gasteiger partial charge on any atom is -0.393 e. The Bertz CT molecular complexity index is 1280. The smallest absolute Gasteiger partial charge is 0.227 e. The zero-order chi connectivity index (χ0) is 23.9. The Morgan fingerprint density at radius 1 is 1.09 bits per heavy atom. The molecule has 7 nitrogen and oxygen atoms in total. The molecule has 1 aliphatic carbocycles. The molecule has 0 spiro atoms. The number of nitrogens with zero attached hydrogens (tertiary/aromatic N) is 2. The lowest BCUT2D eigenvalue weighted by atomic mass is 9.53. The zero-order valence-corrected chi connectivity index (χ0v) is 20.3. The van der Waals surface area contributed by atoms with Gasteiger partial charge in [0.25, 0.3) is 0 Å². The maximum Gasteiger partial charge on any atom is 0.227 e. The van der Waals surface area contributed by atoms with Crippen LogP contribution in [-0.2, 0) is 14.3 Å². The summed E-state index contributed by atoms with van der Waals surface area (Å²) in [5.74, 6) is 0.552. The van der Waals surface area contributed by atoms with E-state index < -0.39 is 16.7 Å². The third-order valence-corrected chi connectivity index (χ3v) is 10.7. The molecule has 0 radical (unpaired) electrons. The van der Waals surface area contributed by atoms with Crippen LogP contribution in [0.15, 0.2) is 48.5 Å². The number of aliphatic hydroxyl groups is 1. The van der Waals surface area contributed by atoms with Crippen LogP contribution in [0.5, 0.6) is 0 Å². The van der Waals surface area contributed by atoms with Crippen LogP contribution >= 0.6 is 0 Å². The molecular formula is C28H31N3O4. The average Bonchev–Trinajstić information content (AvgIpc) is 3.55. The van der Waals surface area contributed by atoms with Gasteiger partial charge < -0.3 is 29.7 Å². The number of hydrogen-bond donors (Lipinski definition) is 2. The zero-order valence-electron chi connectivity index (χ0n) is 20.3. The van der Waals surface area contributed by atoms with Gasteiger partial charge >= 0.3 is 0 Å². The quantitative estimate of drug-likeness (QED) is 0.699. The summed E-state index contributed by atoms with van der Waals surface area (Å²) in [6, 6.07) is 17.3. The van der Waals surface area contributed by atoms with Crippen molar-refractivity contribution in [1.82, 2.24) is 5.32 Å². The Labute approximate surface area is 205 Å². The molecule has 7 heteroatoms. The number of aliphatic hydroxyl groups excluding tert-OH is 1. The van der Waals surface area contributed by atoms with Crippen LogP contribution in [0.2, 0.25) is 0 Å². The molecule has 35 heavy (non-hydrogen) atoms. The summed E-state index contributed by atoms with van der Waals surface area (Å²) in [6.07, 6.45) is 0.294. The Hall–Kier alpha value is -2.61. The van der Waals surface area contributed by atoms with Gasteiger partial charge in [-0.05, 0) is 37.1 Å². The van der Waals surface area contributed by atoms with E-state index in [9.17, 15) is 9.90 Å². The molecule has 1 amide bonds. The van der Waals surface area contributed by atoms with Crippen molar-refractivity contribution in [2.45, 2.75) is 61.7 Å². The molecule has 2 aromatic rings. The van der Waals surface area contributed by atoms with E-state index in [1.165, 1.54) is 11.1 Å². The van der Waals surface area contributed by atoms with Gasteiger partial charge in [0, 0.05) is 49.2 Å². The van der Waals surface area contributed by atoms with E-state index >= 15 is 0 Å². The van der Waals surface area contributed by atoms with Gasteiger partial charge in [-0.3, -0.25) is 4.79 Å². The van der Waals surface area contributed by atoms with Crippen molar-refractivity contribution in [1.29, 1.82) is 0 Å². The van der Waals surface area contributed by atoms with Crippen LogP contribution in [0, 0.1) is 11.3 Å². The highest BCUT2D eigenvalue weighted by Gasteiger charge is 2.76. The number of hydrogen-bond acceptors (Lipinski definition) is 6. The number of nitrogens with one attached hydrogen (secondary N) is 1. The van der Waals surface area contributed by atoms with Gasteiger partial charge in [0.05, 0.1) is 24.1 Å². The molecule has 0 aromatic heterocycles. The van der Waals surface area contributed by atoms with Crippen molar-refractivity contribution in [2.75, 3.05) is 30.1 Å². The molecule has 6 aliphatic rings. The number of rotatable bonds is 2. The van der Waals surface area contributed by atoms with E-state index in [2.05, 4.69) is 77.5 Å². The number of ether oxygens (including phenoxy) is 2. The number of carbonyl (C=O) groups excluding carboxylic acids is 1. The molecule has 2 bridgehead atoms. The van der Waals surface area contributed by atoms with Gasteiger partial charge in [-0.15, -0.1) is 0 Å². The number of methoxy groups -OCH3 is 1. The Morgan fingerprint density at radius 3 is 2.54 bits per heavy atom. The molecule has 2 aromatic carbocycles. The van der Waals surface area contributed by atoms with Gasteiger partial charge in [0.2, 0.25) is 5.91 Å². The average molecular weight is 474 g/mol. The molecule has 4 fully saturated rings. The lowest BCUT2D eigenvalue weighted by molar-refractivity contribution is -0.156. The SMILES string of the molecule is COC1(CO)CC2OC1(C)N1c3ccccc3C3C1C1C(c4ccccc4N21)C1(C)C(=O)NCC31. The van der Waals surface area contributed by atoms with E-state index in [1.54, 1.807) is 7.11 Å². The predicted octanol–water partition coefficient (Wildman–Crippen LogP) is 2.55. The van der Waals surface area contributed by atoms with E-state index in [0.29, 0.717) is 13.0 Å². The van der Waals surface area contributed by atoms with Crippen molar-refractivity contribution in [3.63, 3.8) is 0 Å². The second-order valence-electron chi connectivity index (χ2n) is 11.6. The van der Waals surface area contributed by atoms with E-state index in [1.807, 2.05) is 0 Å². The number of benzene rings is 2. The predicted molar refractivity (Wildman–Crippen MR) is 130 cm³/mol. The monoisotopic (exact) mass is 473 g/mol. The summed E-state index contributed by atoms with van der Waals surface area (Å²) < 4.78 is 13.2. The van der Waals surface area contributed by atoms with Crippen LogP contribution < -0.4 is 15.1 Å². The van der Waals surface area contributed by atoms with Crippen LogP contribution in [0.25, 0.3) is 0 Å². The van der Waals surface area contributed by atoms with E-state index in [0.717, 1.165) is 11.4 Å². The first kappa shape index (κ1) is 20.6. The standard InChI is InChI=1S/C28H31N3O4/c1-26-17(13-29-25(26)33)21-15-8-4-7-11-19(15)31-23(21)24-22(26)16-9-5-6-10-18(16)30(24)20-12-28(14-32,34-3)27(31,2)35-20/h4-11,17,20-24,32H,12-14H2,1-3H3,(H,29,33). The molecule has 5 heterocycles. The topological polar surface area (TPSA) is 74.3 Å². The number of para-hydroxylation sites is 2. The molecule has 9 unspecified atom stereocenters. The second-order valence-corrected chi connectivity index (χ2v) is 11.6.